The Morgan fingerprint density at radius 2 is 1.92 bits per heavy atom. The zero-order chi connectivity index (χ0) is 17.9. The first-order valence-corrected chi connectivity index (χ1v) is 8.51. The van der Waals surface area contributed by atoms with Gasteiger partial charge in [-0.3, -0.25) is 14.5 Å². The van der Waals surface area contributed by atoms with Gasteiger partial charge in [0.1, 0.15) is 6.04 Å². The van der Waals surface area contributed by atoms with Crippen molar-refractivity contribution in [1.82, 2.24) is 5.32 Å². The number of rotatable bonds is 1. The molecule has 1 N–H and O–H groups in total. The van der Waals surface area contributed by atoms with Crippen LogP contribution in [0.15, 0.2) is 30.5 Å². The number of fused-ring (bicyclic) bond motifs is 1. The average Bonchev–Trinajstić information content (AvgIpc) is 2.66. The normalized spacial score (nSPS) is 23.3. The lowest BCUT2D eigenvalue weighted by Gasteiger charge is -2.33. The van der Waals surface area contributed by atoms with Crippen LogP contribution in [0.5, 0.6) is 0 Å². The number of allylic oxidation sites excluding steroid dienone is 1. The minimum absolute atomic E-state index is 0.00350. The van der Waals surface area contributed by atoms with E-state index in [9.17, 15) is 9.59 Å². The molecule has 2 aliphatic rings. The molecule has 24 heavy (non-hydrogen) atoms. The van der Waals surface area contributed by atoms with Gasteiger partial charge in [-0.05, 0) is 49.3 Å². The second-order valence-corrected chi connectivity index (χ2v) is 8.43. The number of hydrogen-bond acceptors (Lipinski definition) is 2. The number of hydrogen-bond donors (Lipinski definition) is 1. The van der Waals surface area contributed by atoms with E-state index in [0.717, 1.165) is 22.5 Å². The second kappa shape index (κ2) is 5.20. The van der Waals surface area contributed by atoms with Crippen molar-refractivity contribution in [3.05, 3.63) is 41.6 Å². The Bertz CT molecular complexity index is 740. The number of piperidine rings is 1. The van der Waals surface area contributed by atoms with Crippen LogP contribution in [0.3, 0.4) is 0 Å². The fourth-order valence-electron chi connectivity index (χ4n) is 3.57. The van der Waals surface area contributed by atoms with Gasteiger partial charge in [0.25, 0.3) is 0 Å². The van der Waals surface area contributed by atoms with Crippen LogP contribution in [-0.4, -0.2) is 17.9 Å². The highest BCUT2D eigenvalue weighted by molar-refractivity contribution is 6.11. The first kappa shape index (κ1) is 16.7. The van der Waals surface area contributed by atoms with Gasteiger partial charge in [-0.25, -0.2) is 0 Å². The molecule has 1 fully saturated rings. The zero-order valence-electron chi connectivity index (χ0n) is 15.2. The molecule has 0 spiro atoms. The number of nitrogens with one attached hydrogen (secondary N) is 1. The molecule has 4 heteroatoms. The van der Waals surface area contributed by atoms with E-state index in [4.69, 9.17) is 0 Å². The fraction of sp³-hybridized carbons (Fsp3) is 0.500. The largest absolute Gasteiger partial charge is 0.329 e. The SMILES string of the molecule is C=C1CCC(N2C(=O)C(C)(C)c3ccc(C(C)(C)C)cc32)C(=O)N1. The van der Waals surface area contributed by atoms with Crippen LogP contribution in [0, 0.1) is 0 Å². The Labute approximate surface area is 143 Å². The molecular formula is C20H26N2O2. The lowest BCUT2D eigenvalue weighted by molar-refractivity contribution is -0.128. The molecule has 0 aromatic heterocycles. The van der Waals surface area contributed by atoms with E-state index in [1.54, 1.807) is 4.90 Å². The van der Waals surface area contributed by atoms with Crippen LogP contribution in [0.1, 0.15) is 58.6 Å². The molecule has 1 atom stereocenters. The average molecular weight is 326 g/mol. The maximum Gasteiger partial charge on any atom is 0.247 e. The molecule has 4 nitrogen and oxygen atoms in total. The molecular weight excluding hydrogens is 300 g/mol. The minimum atomic E-state index is -0.611. The summed E-state index contributed by atoms with van der Waals surface area (Å²) in [4.78, 5) is 27.3. The summed E-state index contributed by atoms with van der Waals surface area (Å²) in [6.07, 6.45) is 1.32. The molecule has 128 valence electrons. The van der Waals surface area contributed by atoms with E-state index in [-0.39, 0.29) is 17.2 Å². The number of amides is 2. The van der Waals surface area contributed by atoms with Crippen LogP contribution < -0.4 is 10.2 Å². The molecule has 1 aromatic carbocycles. The van der Waals surface area contributed by atoms with Gasteiger partial charge in [-0.1, -0.05) is 39.5 Å². The Balaban J connectivity index is 2.11. The molecule has 3 rings (SSSR count). The van der Waals surface area contributed by atoms with Gasteiger partial charge in [-0.2, -0.15) is 0 Å². The summed E-state index contributed by atoms with van der Waals surface area (Å²) in [6, 6.07) is 5.77. The van der Waals surface area contributed by atoms with E-state index < -0.39 is 11.5 Å². The summed E-state index contributed by atoms with van der Waals surface area (Å²) >= 11 is 0. The molecule has 2 amide bonds. The highest BCUT2D eigenvalue weighted by Crippen LogP contribution is 2.45. The Hall–Kier alpha value is -2.10. The van der Waals surface area contributed by atoms with Crippen molar-refractivity contribution in [3.8, 4) is 0 Å². The van der Waals surface area contributed by atoms with Crippen LogP contribution in [0.2, 0.25) is 0 Å². The molecule has 2 aliphatic heterocycles. The highest BCUT2D eigenvalue weighted by Gasteiger charge is 2.48. The summed E-state index contributed by atoms with van der Waals surface area (Å²) in [7, 11) is 0. The van der Waals surface area contributed by atoms with Gasteiger partial charge in [0.05, 0.1) is 5.41 Å². The lowest BCUT2D eigenvalue weighted by atomic mass is 9.82. The monoisotopic (exact) mass is 326 g/mol. The quantitative estimate of drug-likeness (QED) is 0.860. The number of carbonyl (C=O) groups is 2. The fourth-order valence-corrected chi connectivity index (χ4v) is 3.57. The van der Waals surface area contributed by atoms with Crippen LogP contribution in [0.25, 0.3) is 0 Å². The van der Waals surface area contributed by atoms with Crippen LogP contribution in [-0.2, 0) is 20.4 Å². The third kappa shape index (κ3) is 2.45. The van der Waals surface area contributed by atoms with Crippen molar-refractivity contribution in [1.29, 1.82) is 0 Å². The van der Waals surface area contributed by atoms with E-state index in [1.165, 1.54) is 0 Å². The van der Waals surface area contributed by atoms with Crippen molar-refractivity contribution < 1.29 is 9.59 Å². The van der Waals surface area contributed by atoms with Crippen LogP contribution >= 0.6 is 0 Å². The summed E-state index contributed by atoms with van der Waals surface area (Å²) in [5.74, 6) is -0.138. The standard InChI is InChI=1S/C20H26N2O2/c1-12-7-10-15(17(23)21-12)22-16-11-13(19(2,3)4)8-9-14(16)20(5,6)18(22)24/h8-9,11,15H,1,7,10H2,2-6H3,(H,21,23). The lowest BCUT2D eigenvalue weighted by Crippen LogP contribution is -2.52. The number of benzene rings is 1. The first-order valence-electron chi connectivity index (χ1n) is 8.51. The highest BCUT2D eigenvalue weighted by atomic mass is 16.2. The molecule has 1 saturated heterocycles. The predicted octanol–water partition coefficient (Wildman–Crippen LogP) is 3.40. The Morgan fingerprint density at radius 1 is 1.25 bits per heavy atom. The molecule has 0 bridgehead atoms. The molecule has 1 unspecified atom stereocenters. The summed E-state index contributed by atoms with van der Waals surface area (Å²) in [5.41, 5.74) is 3.14. The third-order valence-electron chi connectivity index (χ3n) is 5.18. The van der Waals surface area contributed by atoms with E-state index in [2.05, 4.69) is 44.8 Å². The van der Waals surface area contributed by atoms with Crippen LogP contribution in [0.4, 0.5) is 5.69 Å². The van der Waals surface area contributed by atoms with Crippen molar-refractivity contribution in [2.75, 3.05) is 4.90 Å². The number of nitrogens with zero attached hydrogens (tertiary/aromatic N) is 1. The summed E-state index contributed by atoms with van der Waals surface area (Å²) in [6.45, 7) is 14.2. The van der Waals surface area contributed by atoms with Crippen molar-refractivity contribution in [3.63, 3.8) is 0 Å². The number of anilines is 1. The second-order valence-electron chi connectivity index (χ2n) is 8.43. The molecule has 0 saturated carbocycles. The number of carbonyl (C=O) groups excluding carboxylic acids is 2. The maximum absolute atomic E-state index is 13.1. The van der Waals surface area contributed by atoms with Gasteiger partial charge in [-0.15, -0.1) is 0 Å². The first-order chi connectivity index (χ1) is 11.0. The predicted molar refractivity (Wildman–Crippen MR) is 96.0 cm³/mol. The topological polar surface area (TPSA) is 49.4 Å². The van der Waals surface area contributed by atoms with E-state index in [0.29, 0.717) is 12.8 Å². The minimum Gasteiger partial charge on any atom is -0.329 e. The Kier molecular flexibility index (Phi) is 3.63. The van der Waals surface area contributed by atoms with Gasteiger partial charge in [0.15, 0.2) is 0 Å². The third-order valence-corrected chi connectivity index (χ3v) is 5.18. The molecule has 0 radical (unpaired) electrons. The van der Waals surface area contributed by atoms with E-state index >= 15 is 0 Å². The van der Waals surface area contributed by atoms with Crippen molar-refractivity contribution >= 4 is 17.5 Å². The summed E-state index contributed by atoms with van der Waals surface area (Å²) < 4.78 is 0. The van der Waals surface area contributed by atoms with Gasteiger partial charge in [0.2, 0.25) is 11.8 Å². The zero-order valence-corrected chi connectivity index (χ0v) is 15.2. The van der Waals surface area contributed by atoms with Gasteiger partial charge < -0.3 is 5.32 Å². The van der Waals surface area contributed by atoms with E-state index in [1.807, 2.05) is 19.9 Å². The Morgan fingerprint density at radius 3 is 2.50 bits per heavy atom. The van der Waals surface area contributed by atoms with Crippen molar-refractivity contribution in [2.45, 2.75) is 64.3 Å². The smallest absolute Gasteiger partial charge is 0.247 e. The van der Waals surface area contributed by atoms with Gasteiger partial charge in [0, 0.05) is 11.4 Å². The molecule has 1 aromatic rings. The molecule has 2 heterocycles. The summed E-state index contributed by atoms with van der Waals surface area (Å²) in [5, 5.41) is 2.80. The maximum atomic E-state index is 13.1. The van der Waals surface area contributed by atoms with Crippen molar-refractivity contribution in [2.24, 2.45) is 0 Å². The van der Waals surface area contributed by atoms with Gasteiger partial charge >= 0.3 is 0 Å². The molecule has 0 aliphatic carbocycles.